The highest BCUT2D eigenvalue weighted by Crippen LogP contribution is 2.22. The molecule has 0 saturated heterocycles. The maximum absolute atomic E-state index is 6.09. The fourth-order valence-electron chi connectivity index (χ4n) is 1.72. The molecule has 1 atom stereocenters. The molecule has 1 unspecified atom stereocenters. The zero-order valence-electron chi connectivity index (χ0n) is 10.1. The number of hydrogen-bond acceptors (Lipinski definition) is 3. The van der Waals surface area contributed by atoms with E-state index in [9.17, 15) is 0 Å². The second kappa shape index (κ2) is 5.32. The highest BCUT2D eigenvalue weighted by atomic mass is 35.5. The minimum atomic E-state index is 0.122. The van der Waals surface area contributed by atoms with Crippen molar-refractivity contribution in [3.05, 3.63) is 30.0 Å². The summed E-state index contributed by atoms with van der Waals surface area (Å²) < 4.78 is 0. The lowest BCUT2D eigenvalue weighted by molar-refractivity contribution is 0.837. The van der Waals surface area contributed by atoms with Gasteiger partial charge >= 0.3 is 0 Å². The van der Waals surface area contributed by atoms with E-state index < -0.39 is 0 Å². The Bertz CT molecular complexity index is 513. The van der Waals surface area contributed by atoms with Gasteiger partial charge in [0, 0.05) is 17.3 Å². The summed E-state index contributed by atoms with van der Waals surface area (Å²) in [7, 11) is 0. The van der Waals surface area contributed by atoms with Crippen LogP contribution < -0.4 is 5.32 Å². The van der Waals surface area contributed by atoms with Gasteiger partial charge in [-0.1, -0.05) is 31.2 Å². The summed E-state index contributed by atoms with van der Waals surface area (Å²) in [6.07, 6.45) is 0.936. The molecule has 0 aliphatic rings. The van der Waals surface area contributed by atoms with Gasteiger partial charge in [-0.25, -0.2) is 0 Å². The number of benzene rings is 1. The molecule has 0 bridgehead atoms. The van der Waals surface area contributed by atoms with Gasteiger partial charge in [0.15, 0.2) is 5.82 Å². The molecule has 0 aliphatic carbocycles. The molecule has 0 radical (unpaired) electrons. The first-order chi connectivity index (χ1) is 8.22. The maximum Gasteiger partial charge on any atom is 0.156 e. The van der Waals surface area contributed by atoms with Crippen molar-refractivity contribution in [2.75, 3.05) is 11.9 Å². The van der Waals surface area contributed by atoms with Crippen LogP contribution in [0.4, 0.5) is 5.82 Å². The quantitative estimate of drug-likeness (QED) is 0.845. The third-order valence-electron chi connectivity index (χ3n) is 2.81. The molecule has 1 aromatic heterocycles. The Balaban J connectivity index is 2.32. The van der Waals surface area contributed by atoms with E-state index in [0.717, 1.165) is 28.7 Å². The van der Waals surface area contributed by atoms with E-state index in [4.69, 9.17) is 11.6 Å². The minimum absolute atomic E-state index is 0.122. The zero-order chi connectivity index (χ0) is 12.3. The third-order valence-corrected chi connectivity index (χ3v) is 3.27. The SMILES string of the molecule is CCC(Cl)CNc1nnc(C)c2ccccc12. The number of nitrogens with zero attached hydrogens (tertiary/aromatic N) is 2. The van der Waals surface area contributed by atoms with Crippen LogP contribution in [0, 0.1) is 6.92 Å². The molecule has 2 rings (SSSR count). The Morgan fingerprint density at radius 3 is 2.65 bits per heavy atom. The molecule has 1 aromatic carbocycles. The first-order valence-corrected chi connectivity index (χ1v) is 6.26. The number of rotatable bonds is 4. The zero-order valence-corrected chi connectivity index (χ0v) is 10.8. The average molecular weight is 250 g/mol. The summed E-state index contributed by atoms with van der Waals surface area (Å²) in [4.78, 5) is 0. The van der Waals surface area contributed by atoms with Crippen LogP contribution in [0.5, 0.6) is 0 Å². The molecule has 0 aliphatic heterocycles. The van der Waals surface area contributed by atoms with Crippen LogP contribution >= 0.6 is 11.6 Å². The van der Waals surface area contributed by atoms with Gasteiger partial charge in [-0.2, -0.15) is 5.10 Å². The van der Waals surface area contributed by atoms with Crippen molar-refractivity contribution in [1.29, 1.82) is 0 Å². The fourth-order valence-corrected chi connectivity index (χ4v) is 1.80. The molecule has 2 aromatic rings. The number of anilines is 1. The van der Waals surface area contributed by atoms with Crippen LogP contribution in [-0.4, -0.2) is 22.1 Å². The number of halogens is 1. The van der Waals surface area contributed by atoms with E-state index in [0.29, 0.717) is 6.54 Å². The van der Waals surface area contributed by atoms with Crippen molar-refractivity contribution in [3.63, 3.8) is 0 Å². The van der Waals surface area contributed by atoms with Gasteiger partial charge in [0.2, 0.25) is 0 Å². The summed E-state index contributed by atoms with van der Waals surface area (Å²) in [6, 6.07) is 8.13. The lowest BCUT2D eigenvalue weighted by Gasteiger charge is -2.11. The topological polar surface area (TPSA) is 37.8 Å². The summed E-state index contributed by atoms with van der Waals surface area (Å²) in [6.45, 7) is 4.74. The molecule has 0 spiro atoms. The van der Waals surface area contributed by atoms with Crippen LogP contribution in [0.3, 0.4) is 0 Å². The van der Waals surface area contributed by atoms with E-state index in [1.807, 2.05) is 19.1 Å². The summed E-state index contributed by atoms with van der Waals surface area (Å²) in [5.74, 6) is 0.810. The second-order valence-electron chi connectivity index (χ2n) is 4.07. The summed E-state index contributed by atoms with van der Waals surface area (Å²) in [5, 5.41) is 14.0. The van der Waals surface area contributed by atoms with Crippen molar-refractivity contribution in [2.45, 2.75) is 25.6 Å². The van der Waals surface area contributed by atoms with Crippen LogP contribution in [0.1, 0.15) is 19.0 Å². The van der Waals surface area contributed by atoms with E-state index in [1.165, 1.54) is 0 Å². The van der Waals surface area contributed by atoms with Crippen molar-refractivity contribution in [3.8, 4) is 0 Å². The lowest BCUT2D eigenvalue weighted by Crippen LogP contribution is -2.14. The standard InChI is InChI=1S/C13H16ClN3/c1-3-10(14)8-15-13-12-7-5-4-6-11(12)9(2)16-17-13/h4-7,10H,3,8H2,1-2H3,(H,15,17). The van der Waals surface area contributed by atoms with Crippen molar-refractivity contribution in [2.24, 2.45) is 0 Å². The highest BCUT2D eigenvalue weighted by molar-refractivity contribution is 6.20. The lowest BCUT2D eigenvalue weighted by atomic mass is 10.1. The fraction of sp³-hybridized carbons (Fsp3) is 0.385. The maximum atomic E-state index is 6.09. The Morgan fingerprint density at radius 2 is 1.94 bits per heavy atom. The number of aryl methyl sites for hydroxylation is 1. The number of aromatic nitrogens is 2. The van der Waals surface area contributed by atoms with Gasteiger partial charge < -0.3 is 5.32 Å². The molecule has 17 heavy (non-hydrogen) atoms. The first kappa shape index (κ1) is 12.1. The smallest absolute Gasteiger partial charge is 0.156 e. The molecule has 4 heteroatoms. The molecule has 3 nitrogen and oxygen atoms in total. The first-order valence-electron chi connectivity index (χ1n) is 5.82. The largest absolute Gasteiger partial charge is 0.367 e. The van der Waals surface area contributed by atoms with Crippen molar-refractivity contribution >= 4 is 28.2 Å². The number of fused-ring (bicyclic) bond motifs is 1. The summed E-state index contributed by atoms with van der Waals surface area (Å²) >= 11 is 6.09. The average Bonchev–Trinajstić information content (AvgIpc) is 2.38. The van der Waals surface area contributed by atoms with Gasteiger partial charge in [-0.05, 0) is 13.3 Å². The molecule has 0 amide bonds. The van der Waals surface area contributed by atoms with E-state index in [-0.39, 0.29) is 5.38 Å². The van der Waals surface area contributed by atoms with Gasteiger partial charge in [0.1, 0.15) is 0 Å². The van der Waals surface area contributed by atoms with E-state index in [1.54, 1.807) is 0 Å². The summed E-state index contributed by atoms with van der Waals surface area (Å²) in [5.41, 5.74) is 0.948. The Kier molecular flexibility index (Phi) is 3.79. The van der Waals surface area contributed by atoms with Gasteiger partial charge in [0.25, 0.3) is 0 Å². The monoisotopic (exact) mass is 249 g/mol. The molecule has 0 fully saturated rings. The highest BCUT2D eigenvalue weighted by Gasteiger charge is 2.07. The Morgan fingerprint density at radius 1 is 1.24 bits per heavy atom. The van der Waals surface area contributed by atoms with E-state index >= 15 is 0 Å². The second-order valence-corrected chi connectivity index (χ2v) is 4.68. The molecule has 1 heterocycles. The van der Waals surface area contributed by atoms with Crippen LogP contribution in [0.25, 0.3) is 10.8 Å². The number of nitrogens with one attached hydrogen (secondary N) is 1. The van der Waals surface area contributed by atoms with Gasteiger partial charge in [0.05, 0.1) is 11.1 Å². The molecule has 0 saturated carbocycles. The van der Waals surface area contributed by atoms with Crippen LogP contribution in [-0.2, 0) is 0 Å². The van der Waals surface area contributed by atoms with Crippen molar-refractivity contribution < 1.29 is 0 Å². The van der Waals surface area contributed by atoms with Gasteiger partial charge in [-0.3, -0.25) is 0 Å². The van der Waals surface area contributed by atoms with Crippen molar-refractivity contribution in [1.82, 2.24) is 10.2 Å². The van der Waals surface area contributed by atoms with E-state index in [2.05, 4.69) is 34.6 Å². The minimum Gasteiger partial charge on any atom is -0.367 e. The number of alkyl halides is 1. The normalized spacial score (nSPS) is 12.6. The third kappa shape index (κ3) is 2.67. The molecular formula is C13H16ClN3. The van der Waals surface area contributed by atoms with Crippen LogP contribution in [0.15, 0.2) is 24.3 Å². The number of hydrogen-bond donors (Lipinski definition) is 1. The van der Waals surface area contributed by atoms with Gasteiger partial charge in [-0.15, -0.1) is 16.7 Å². The Labute approximate surface area is 106 Å². The Hall–Kier alpha value is -1.35. The predicted molar refractivity (Wildman–Crippen MR) is 72.7 cm³/mol. The molecular weight excluding hydrogens is 234 g/mol. The van der Waals surface area contributed by atoms with Crippen LogP contribution in [0.2, 0.25) is 0 Å². The molecule has 90 valence electrons. The predicted octanol–water partition coefficient (Wildman–Crippen LogP) is 3.37. The molecule has 1 N–H and O–H groups in total.